The fourth-order valence-corrected chi connectivity index (χ4v) is 3.29. The monoisotopic (exact) mass is 330 g/mol. The Morgan fingerprint density at radius 2 is 1.79 bits per heavy atom. The van der Waals surface area contributed by atoms with Gasteiger partial charge in [-0.3, -0.25) is 4.79 Å². The van der Waals surface area contributed by atoms with Gasteiger partial charge in [0.25, 0.3) is 5.91 Å². The average molecular weight is 330 g/mol. The molecule has 3 heterocycles. The Kier molecular flexibility index (Phi) is 3.59. The number of nitrogens with zero attached hydrogens (tertiary/aromatic N) is 2. The normalized spacial score (nSPS) is 14.7. The van der Waals surface area contributed by atoms with Gasteiger partial charge in [0.1, 0.15) is 17.3 Å². The van der Waals surface area contributed by atoms with Gasteiger partial charge in [0.2, 0.25) is 0 Å². The third-order valence-corrected chi connectivity index (χ3v) is 4.40. The highest BCUT2D eigenvalue weighted by atomic mass is 19.1. The molecular formula is C18H16F2N2O2. The lowest BCUT2D eigenvalue weighted by molar-refractivity contribution is 0.0783. The highest BCUT2D eigenvalue weighted by molar-refractivity contribution is 5.97. The lowest BCUT2D eigenvalue weighted by Crippen LogP contribution is -2.29. The summed E-state index contributed by atoms with van der Waals surface area (Å²) in [6.45, 7) is 1.67. The maximum absolute atomic E-state index is 13.5. The molecule has 1 amide bonds. The number of hydrogen-bond donors (Lipinski definition) is 0. The van der Waals surface area contributed by atoms with Crippen molar-refractivity contribution in [3.63, 3.8) is 0 Å². The molecule has 0 unspecified atom stereocenters. The Morgan fingerprint density at radius 1 is 1.08 bits per heavy atom. The van der Waals surface area contributed by atoms with E-state index in [1.165, 1.54) is 18.4 Å². The van der Waals surface area contributed by atoms with Crippen LogP contribution in [-0.4, -0.2) is 28.5 Å². The molecule has 2 aromatic heterocycles. The van der Waals surface area contributed by atoms with Crippen molar-refractivity contribution in [2.45, 2.75) is 19.4 Å². The minimum Gasteiger partial charge on any atom is -0.463 e. The molecule has 6 heteroatoms. The number of aromatic nitrogens is 1. The van der Waals surface area contributed by atoms with Crippen molar-refractivity contribution >= 4 is 17.0 Å². The van der Waals surface area contributed by atoms with Crippen LogP contribution in [0.2, 0.25) is 0 Å². The number of rotatable bonds is 3. The molecule has 1 fully saturated rings. The quantitative estimate of drug-likeness (QED) is 0.733. The molecule has 1 saturated heterocycles. The number of carbonyl (C=O) groups excluding carboxylic acids is 1. The second-order valence-corrected chi connectivity index (χ2v) is 6.06. The molecule has 1 aromatic carbocycles. The number of fused-ring (bicyclic) bond motifs is 1. The summed E-state index contributed by atoms with van der Waals surface area (Å²) in [6, 6.07) is 6.85. The van der Waals surface area contributed by atoms with E-state index in [1.54, 1.807) is 21.6 Å². The van der Waals surface area contributed by atoms with Gasteiger partial charge in [0, 0.05) is 37.8 Å². The van der Waals surface area contributed by atoms with E-state index < -0.39 is 11.6 Å². The van der Waals surface area contributed by atoms with E-state index >= 15 is 0 Å². The molecule has 24 heavy (non-hydrogen) atoms. The predicted octanol–water partition coefficient (Wildman–Crippen LogP) is 3.80. The smallest absolute Gasteiger partial charge is 0.270 e. The van der Waals surface area contributed by atoms with Crippen LogP contribution in [0.3, 0.4) is 0 Å². The van der Waals surface area contributed by atoms with Gasteiger partial charge in [-0.15, -0.1) is 0 Å². The molecule has 0 spiro atoms. The maximum Gasteiger partial charge on any atom is 0.270 e. The van der Waals surface area contributed by atoms with Gasteiger partial charge >= 0.3 is 0 Å². The number of hydrogen-bond acceptors (Lipinski definition) is 2. The Bertz CT molecular complexity index is 887. The van der Waals surface area contributed by atoms with E-state index in [9.17, 15) is 13.6 Å². The second kappa shape index (κ2) is 5.78. The fourth-order valence-electron chi connectivity index (χ4n) is 3.29. The number of carbonyl (C=O) groups is 1. The van der Waals surface area contributed by atoms with Crippen molar-refractivity contribution in [3.8, 4) is 0 Å². The highest BCUT2D eigenvalue weighted by Gasteiger charge is 2.24. The summed E-state index contributed by atoms with van der Waals surface area (Å²) in [7, 11) is 0. The summed E-state index contributed by atoms with van der Waals surface area (Å²) in [5.74, 6) is -1.34. The zero-order valence-corrected chi connectivity index (χ0v) is 13.0. The lowest BCUT2D eigenvalue weighted by atomic mass is 10.2. The van der Waals surface area contributed by atoms with Crippen LogP contribution in [0.15, 0.2) is 41.0 Å². The summed E-state index contributed by atoms with van der Waals surface area (Å²) < 4.78 is 34.1. The number of amides is 1. The molecule has 0 bridgehead atoms. The van der Waals surface area contributed by atoms with Crippen molar-refractivity contribution in [3.05, 3.63) is 59.5 Å². The van der Waals surface area contributed by atoms with Crippen molar-refractivity contribution in [2.75, 3.05) is 13.1 Å². The molecule has 124 valence electrons. The zero-order chi connectivity index (χ0) is 16.7. The van der Waals surface area contributed by atoms with Crippen molar-refractivity contribution < 1.29 is 18.0 Å². The number of likely N-dealkylation sites (tertiary alicyclic amines) is 1. The number of furan rings is 1. The van der Waals surface area contributed by atoms with E-state index in [2.05, 4.69) is 0 Å². The van der Waals surface area contributed by atoms with Crippen molar-refractivity contribution in [1.29, 1.82) is 0 Å². The Hall–Kier alpha value is -2.63. The molecule has 4 nitrogen and oxygen atoms in total. The number of benzene rings is 1. The van der Waals surface area contributed by atoms with E-state index in [-0.39, 0.29) is 12.5 Å². The van der Waals surface area contributed by atoms with E-state index in [0.717, 1.165) is 37.5 Å². The van der Waals surface area contributed by atoms with Gasteiger partial charge in [-0.25, -0.2) is 8.78 Å². The third-order valence-electron chi connectivity index (χ3n) is 4.40. The lowest BCUT2D eigenvalue weighted by Gasteiger charge is -2.17. The average Bonchev–Trinajstić information content (AvgIpc) is 3.23. The van der Waals surface area contributed by atoms with Gasteiger partial charge in [-0.05, 0) is 30.5 Å². The first-order chi connectivity index (χ1) is 11.6. The molecule has 1 aliphatic rings. The van der Waals surface area contributed by atoms with Crippen LogP contribution < -0.4 is 0 Å². The first-order valence-electron chi connectivity index (χ1n) is 7.93. The predicted molar refractivity (Wildman–Crippen MR) is 84.8 cm³/mol. The van der Waals surface area contributed by atoms with Crippen LogP contribution in [0.25, 0.3) is 11.1 Å². The maximum atomic E-state index is 13.5. The standard InChI is InChI=1S/C18H16F2N2O2/c19-13-7-12(8-14(20)9-13)11-22-15-3-6-24-17(15)10-16(22)18(23)21-4-1-2-5-21/h3,6-10H,1-2,4-5,11H2. The van der Waals surface area contributed by atoms with Crippen LogP contribution in [0.1, 0.15) is 28.9 Å². The summed E-state index contributed by atoms with van der Waals surface area (Å²) >= 11 is 0. The molecule has 1 aliphatic heterocycles. The van der Waals surface area contributed by atoms with Gasteiger partial charge in [-0.2, -0.15) is 0 Å². The van der Waals surface area contributed by atoms with Crippen LogP contribution in [0, 0.1) is 11.6 Å². The summed E-state index contributed by atoms with van der Waals surface area (Å²) in [4.78, 5) is 14.6. The first kappa shape index (κ1) is 14.9. The molecule has 4 rings (SSSR count). The molecule has 0 N–H and O–H groups in total. The Labute approximate surface area is 137 Å². The van der Waals surface area contributed by atoms with Gasteiger partial charge in [0.05, 0.1) is 11.8 Å². The highest BCUT2D eigenvalue weighted by Crippen LogP contribution is 2.25. The Balaban J connectivity index is 1.76. The van der Waals surface area contributed by atoms with Crippen molar-refractivity contribution in [2.24, 2.45) is 0 Å². The first-order valence-corrected chi connectivity index (χ1v) is 7.93. The van der Waals surface area contributed by atoms with Crippen LogP contribution in [0.5, 0.6) is 0 Å². The molecule has 0 atom stereocenters. The molecule has 0 radical (unpaired) electrons. The minimum absolute atomic E-state index is 0.0734. The molecule has 0 saturated carbocycles. The van der Waals surface area contributed by atoms with Crippen molar-refractivity contribution in [1.82, 2.24) is 9.47 Å². The minimum atomic E-state index is -0.631. The fraction of sp³-hybridized carbons (Fsp3) is 0.278. The summed E-state index contributed by atoms with van der Waals surface area (Å²) in [5.41, 5.74) is 2.27. The van der Waals surface area contributed by atoms with Crippen LogP contribution in [0.4, 0.5) is 8.78 Å². The SMILES string of the molecule is O=C(c1cc2occc2n1Cc1cc(F)cc(F)c1)N1CCCC1. The van der Waals surface area contributed by atoms with E-state index in [0.29, 0.717) is 16.8 Å². The van der Waals surface area contributed by atoms with Crippen LogP contribution in [-0.2, 0) is 6.54 Å². The second-order valence-electron chi connectivity index (χ2n) is 6.06. The van der Waals surface area contributed by atoms with Gasteiger partial charge in [0.15, 0.2) is 5.58 Å². The topological polar surface area (TPSA) is 38.4 Å². The third kappa shape index (κ3) is 2.58. The largest absolute Gasteiger partial charge is 0.463 e. The van der Waals surface area contributed by atoms with Crippen LogP contribution >= 0.6 is 0 Å². The summed E-state index contributed by atoms with van der Waals surface area (Å²) in [5, 5.41) is 0. The van der Waals surface area contributed by atoms with E-state index in [1.807, 2.05) is 0 Å². The zero-order valence-electron chi connectivity index (χ0n) is 13.0. The van der Waals surface area contributed by atoms with Gasteiger partial charge < -0.3 is 13.9 Å². The molecule has 3 aromatic rings. The number of halogens is 2. The molecular weight excluding hydrogens is 314 g/mol. The van der Waals surface area contributed by atoms with Gasteiger partial charge in [-0.1, -0.05) is 0 Å². The van der Waals surface area contributed by atoms with E-state index in [4.69, 9.17) is 4.42 Å². The molecule has 0 aliphatic carbocycles. The summed E-state index contributed by atoms with van der Waals surface area (Å²) in [6.07, 6.45) is 3.53. The Morgan fingerprint density at radius 3 is 2.50 bits per heavy atom.